The first-order valence-electron chi connectivity index (χ1n) is 5.23. The van der Waals surface area contributed by atoms with E-state index in [-0.39, 0.29) is 0 Å². The van der Waals surface area contributed by atoms with E-state index in [9.17, 15) is 4.79 Å². The third kappa shape index (κ3) is 3.51. The molecule has 0 aliphatic carbocycles. The van der Waals surface area contributed by atoms with Crippen molar-refractivity contribution in [2.45, 2.75) is 6.04 Å². The molecule has 0 fully saturated rings. The first-order valence-corrected chi connectivity index (χ1v) is 8.07. The van der Waals surface area contributed by atoms with Gasteiger partial charge in [-0.1, -0.05) is 11.6 Å². The standard InChI is InChI=1S/C12H9Br2ClN2OS/c13-7-3-4-19-11(7)10(12(16)18)17-6-1-2-9(15)8(14)5-6/h1-5,10,17H,(H2,16,18). The summed E-state index contributed by atoms with van der Waals surface area (Å²) in [5.41, 5.74) is 6.22. The Balaban J connectivity index is 2.29. The summed E-state index contributed by atoms with van der Waals surface area (Å²) in [7, 11) is 0. The van der Waals surface area contributed by atoms with Gasteiger partial charge in [-0.25, -0.2) is 0 Å². The molecule has 0 aliphatic rings. The van der Waals surface area contributed by atoms with Gasteiger partial charge >= 0.3 is 0 Å². The second-order valence-electron chi connectivity index (χ2n) is 3.74. The number of nitrogens with two attached hydrogens (primary N) is 1. The molecular weight excluding hydrogens is 415 g/mol. The minimum atomic E-state index is -0.581. The topological polar surface area (TPSA) is 55.1 Å². The molecule has 0 bridgehead atoms. The minimum Gasteiger partial charge on any atom is -0.369 e. The Morgan fingerprint density at radius 2 is 2.05 bits per heavy atom. The largest absolute Gasteiger partial charge is 0.369 e. The minimum absolute atomic E-state index is 0.436. The Labute approximate surface area is 136 Å². The summed E-state index contributed by atoms with van der Waals surface area (Å²) < 4.78 is 1.62. The highest BCUT2D eigenvalue weighted by atomic mass is 79.9. The van der Waals surface area contributed by atoms with Gasteiger partial charge in [0.05, 0.1) is 9.90 Å². The first kappa shape index (κ1) is 14.8. The quantitative estimate of drug-likeness (QED) is 0.756. The molecule has 3 N–H and O–H groups in total. The van der Waals surface area contributed by atoms with Crippen LogP contribution in [-0.4, -0.2) is 5.91 Å². The van der Waals surface area contributed by atoms with Gasteiger partial charge in [0.1, 0.15) is 6.04 Å². The fraction of sp³-hybridized carbons (Fsp3) is 0.0833. The summed E-state index contributed by atoms with van der Waals surface area (Å²) >= 11 is 14.1. The lowest BCUT2D eigenvalue weighted by Crippen LogP contribution is -2.27. The molecule has 19 heavy (non-hydrogen) atoms. The van der Waals surface area contributed by atoms with Crippen LogP contribution in [0.15, 0.2) is 38.6 Å². The predicted molar refractivity (Wildman–Crippen MR) is 86.7 cm³/mol. The normalized spacial score (nSPS) is 12.2. The van der Waals surface area contributed by atoms with Crippen molar-refractivity contribution >= 4 is 66.4 Å². The molecule has 0 spiro atoms. The molecule has 1 atom stereocenters. The third-order valence-corrected chi connectivity index (χ3v) is 5.57. The molecule has 1 unspecified atom stereocenters. The van der Waals surface area contributed by atoms with E-state index >= 15 is 0 Å². The maximum atomic E-state index is 11.6. The molecule has 0 saturated heterocycles. The second-order valence-corrected chi connectivity index (χ2v) is 6.80. The van der Waals surface area contributed by atoms with Gasteiger partial charge in [0.15, 0.2) is 0 Å². The second kappa shape index (κ2) is 6.26. The Kier molecular flexibility index (Phi) is 4.89. The van der Waals surface area contributed by atoms with Crippen LogP contribution in [0.4, 0.5) is 5.69 Å². The van der Waals surface area contributed by atoms with E-state index < -0.39 is 11.9 Å². The molecule has 2 rings (SSSR count). The lowest BCUT2D eigenvalue weighted by Gasteiger charge is -2.16. The molecule has 100 valence electrons. The van der Waals surface area contributed by atoms with Gasteiger partial charge in [-0.15, -0.1) is 11.3 Å². The number of anilines is 1. The van der Waals surface area contributed by atoms with E-state index in [1.807, 2.05) is 11.4 Å². The van der Waals surface area contributed by atoms with Gasteiger partial charge in [0.2, 0.25) is 5.91 Å². The average molecular weight is 425 g/mol. The number of hydrogen-bond acceptors (Lipinski definition) is 3. The molecule has 0 aliphatic heterocycles. The van der Waals surface area contributed by atoms with Crippen molar-refractivity contribution < 1.29 is 4.79 Å². The maximum absolute atomic E-state index is 11.6. The maximum Gasteiger partial charge on any atom is 0.245 e. The molecule has 3 nitrogen and oxygen atoms in total. The molecule has 0 saturated carbocycles. The SMILES string of the molecule is NC(=O)C(Nc1ccc(Cl)c(Br)c1)c1sccc1Br. The molecule has 1 aromatic carbocycles. The monoisotopic (exact) mass is 422 g/mol. The summed E-state index contributed by atoms with van der Waals surface area (Å²) in [6.07, 6.45) is 0. The van der Waals surface area contributed by atoms with Crippen LogP contribution in [0.1, 0.15) is 10.9 Å². The lowest BCUT2D eigenvalue weighted by molar-refractivity contribution is -0.118. The summed E-state index contributed by atoms with van der Waals surface area (Å²) in [5, 5.41) is 5.61. The number of carbonyl (C=O) groups excluding carboxylic acids is 1. The highest BCUT2D eigenvalue weighted by molar-refractivity contribution is 9.10. The fourth-order valence-electron chi connectivity index (χ4n) is 1.53. The van der Waals surface area contributed by atoms with Crippen molar-refractivity contribution in [2.24, 2.45) is 5.73 Å². The Morgan fingerprint density at radius 3 is 2.58 bits per heavy atom. The lowest BCUT2D eigenvalue weighted by atomic mass is 10.2. The van der Waals surface area contributed by atoms with E-state index in [1.54, 1.807) is 18.2 Å². The number of carbonyl (C=O) groups is 1. The van der Waals surface area contributed by atoms with Crippen LogP contribution in [0.25, 0.3) is 0 Å². The van der Waals surface area contributed by atoms with Crippen LogP contribution in [0.2, 0.25) is 5.02 Å². The Morgan fingerprint density at radius 1 is 1.32 bits per heavy atom. The van der Waals surface area contributed by atoms with Crippen LogP contribution >= 0.6 is 54.8 Å². The van der Waals surface area contributed by atoms with Gasteiger partial charge in [-0.3, -0.25) is 4.79 Å². The third-order valence-electron chi connectivity index (χ3n) is 2.42. The summed E-state index contributed by atoms with van der Waals surface area (Å²) in [6.45, 7) is 0. The number of thiophene rings is 1. The Hall–Kier alpha value is -0.560. The van der Waals surface area contributed by atoms with Crippen molar-refractivity contribution in [3.05, 3.63) is 48.5 Å². The molecular formula is C12H9Br2ClN2OS. The average Bonchev–Trinajstić information content (AvgIpc) is 2.76. The number of primary amides is 1. The van der Waals surface area contributed by atoms with Gasteiger partial charge < -0.3 is 11.1 Å². The van der Waals surface area contributed by atoms with E-state index in [4.69, 9.17) is 17.3 Å². The van der Waals surface area contributed by atoms with Crippen molar-refractivity contribution in [3.8, 4) is 0 Å². The molecule has 1 heterocycles. The van der Waals surface area contributed by atoms with Crippen molar-refractivity contribution in [1.29, 1.82) is 0 Å². The number of benzene rings is 1. The van der Waals surface area contributed by atoms with E-state index in [1.165, 1.54) is 11.3 Å². The zero-order chi connectivity index (χ0) is 14.0. The number of hydrogen-bond donors (Lipinski definition) is 2. The van der Waals surface area contributed by atoms with Gasteiger partial charge in [-0.2, -0.15) is 0 Å². The fourth-order valence-corrected chi connectivity index (χ4v) is 3.69. The molecule has 0 radical (unpaired) electrons. The number of amides is 1. The molecule has 2 aromatic rings. The van der Waals surface area contributed by atoms with Crippen molar-refractivity contribution in [1.82, 2.24) is 0 Å². The number of rotatable bonds is 4. The zero-order valence-electron chi connectivity index (χ0n) is 9.49. The summed E-state index contributed by atoms with van der Waals surface area (Å²) in [4.78, 5) is 12.5. The van der Waals surface area contributed by atoms with Crippen LogP contribution in [-0.2, 0) is 4.79 Å². The van der Waals surface area contributed by atoms with E-state index in [0.717, 1.165) is 19.5 Å². The molecule has 7 heteroatoms. The predicted octanol–water partition coefficient (Wildman–Crippen LogP) is 4.57. The van der Waals surface area contributed by atoms with Crippen molar-refractivity contribution in [3.63, 3.8) is 0 Å². The van der Waals surface area contributed by atoms with Crippen LogP contribution in [0, 0.1) is 0 Å². The van der Waals surface area contributed by atoms with Crippen LogP contribution in [0.3, 0.4) is 0 Å². The smallest absolute Gasteiger partial charge is 0.245 e. The van der Waals surface area contributed by atoms with E-state index in [2.05, 4.69) is 37.2 Å². The summed E-state index contributed by atoms with van der Waals surface area (Å²) in [5.74, 6) is -0.436. The van der Waals surface area contributed by atoms with E-state index in [0.29, 0.717) is 5.02 Å². The summed E-state index contributed by atoms with van der Waals surface area (Å²) in [6, 6.07) is 6.65. The Bertz CT molecular complexity index is 618. The van der Waals surface area contributed by atoms with Gasteiger partial charge in [0, 0.05) is 14.6 Å². The van der Waals surface area contributed by atoms with Crippen LogP contribution < -0.4 is 11.1 Å². The number of halogens is 3. The van der Waals surface area contributed by atoms with Crippen molar-refractivity contribution in [2.75, 3.05) is 5.32 Å². The van der Waals surface area contributed by atoms with Crippen LogP contribution in [0.5, 0.6) is 0 Å². The van der Waals surface area contributed by atoms with Gasteiger partial charge in [0.25, 0.3) is 0 Å². The zero-order valence-corrected chi connectivity index (χ0v) is 14.2. The highest BCUT2D eigenvalue weighted by Gasteiger charge is 2.21. The highest BCUT2D eigenvalue weighted by Crippen LogP contribution is 2.33. The van der Waals surface area contributed by atoms with Gasteiger partial charge in [-0.05, 0) is 61.5 Å². The first-order chi connectivity index (χ1) is 8.99. The molecule has 1 amide bonds. The molecule has 1 aromatic heterocycles. The number of nitrogens with one attached hydrogen (secondary N) is 1.